The van der Waals surface area contributed by atoms with Crippen LogP contribution in [-0.2, 0) is 14.8 Å². The van der Waals surface area contributed by atoms with Crippen LogP contribution in [0.25, 0.3) is 5.69 Å². The maximum Gasteiger partial charge on any atom is 0.238 e. The van der Waals surface area contributed by atoms with Gasteiger partial charge >= 0.3 is 0 Å². The monoisotopic (exact) mass is 402 g/mol. The van der Waals surface area contributed by atoms with E-state index in [-0.39, 0.29) is 17.2 Å². The third-order valence-electron chi connectivity index (χ3n) is 3.65. The van der Waals surface area contributed by atoms with Crippen molar-refractivity contribution in [3.05, 3.63) is 67.0 Å². The molecule has 0 aliphatic heterocycles. The zero-order valence-electron chi connectivity index (χ0n) is 14.3. The number of nitrogens with zero attached hydrogens (tertiary/aromatic N) is 2. The Bertz CT molecular complexity index is 1030. The van der Waals surface area contributed by atoms with E-state index in [2.05, 4.69) is 10.3 Å². The van der Waals surface area contributed by atoms with Crippen molar-refractivity contribution in [1.82, 2.24) is 9.55 Å². The fourth-order valence-electron chi connectivity index (χ4n) is 2.39. The van der Waals surface area contributed by atoms with Gasteiger partial charge in [-0.25, -0.2) is 18.5 Å². The van der Waals surface area contributed by atoms with E-state index < -0.39 is 10.0 Å². The first-order valence-corrected chi connectivity index (χ1v) is 10.6. The van der Waals surface area contributed by atoms with Gasteiger partial charge in [-0.1, -0.05) is 36.0 Å². The van der Waals surface area contributed by atoms with Gasteiger partial charge in [-0.3, -0.25) is 9.36 Å². The van der Waals surface area contributed by atoms with Gasteiger partial charge in [-0.15, -0.1) is 0 Å². The third-order valence-corrected chi connectivity index (χ3v) is 5.53. The maximum atomic E-state index is 12.1. The van der Waals surface area contributed by atoms with Crippen LogP contribution in [0, 0.1) is 0 Å². The van der Waals surface area contributed by atoms with E-state index in [4.69, 9.17) is 5.14 Å². The van der Waals surface area contributed by atoms with Gasteiger partial charge in [0, 0.05) is 35.9 Å². The van der Waals surface area contributed by atoms with E-state index in [1.54, 1.807) is 12.3 Å². The summed E-state index contributed by atoms with van der Waals surface area (Å²) < 4.78 is 24.7. The Balaban J connectivity index is 1.56. The average molecular weight is 403 g/mol. The summed E-state index contributed by atoms with van der Waals surface area (Å²) in [5.74, 6) is 0.316. The smallest absolute Gasteiger partial charge is 0.238 e. The van der Waals surface area contributed by atoms with Gasteiger partial charge in [0.25, 0.3) is 0 Å². The van der Waals surface area contributed by atoms with E-state index in [0.717, 1.165) is 10.8 Å². The fourth-order valence-corrected chi connectivity index (χ4v) is 3.86. The quantitative estimate of drug-likeness (QED) is 0.591. The van der Waals surface area contributed by atoms with Crippen LogP contribution in [0.5, 0.6) is 0 Å². The number of anilines is 1. The second kappa shape index (κ2) is 8.38. The summed E-state index contributed by atoms with van der Waals surface area (Å²) in [7, 11) is -3.81. The number of hydrogen-bond donors (Lipinski definition) is 2. The summed E-state index contributed by atoms with van der Waals surface area (Å²) in [6, 6.07) is 15.7. The molecule has 0 spiro atoms. The number of hydrogen-bond acceptors (Lipinski definition) is 5. The standard InChI is InChI=1S/C18H18N4O3S2/c19-27(24,25)16-8-4-5-14(13-16)21-17(23)9-12-26-18-20-10-11-22(18)15-6-2-1-3-7-15/h1-8,10-11,13H,9,12H2,(H,21,23)(H2,19,24,25). The van der Waals surface area contributed by atoms with E-state index >= 15 is 0 Å². The molecule has 140 valence electrons. The van der Waals surface area contributed by atoms with Gasteiger partial charge in [0.2, 0.25) is 15.9 Å². The number of sulfonamides is 1. The molecule has 0 aliphatic rings. The van der Waals surface area contributed by atoms with Crippen LogP contribution in [0.3, 0.4) is 0 Å². The first-order valence-electron chi connectivity index (χ1n) is 8.08. The second-order valence-corrected chi connectivity index (χ2v) is 8.26. The van der Waals surface area contributed by atoms with Crippen molar-refractivity contribution in [3.8, 4) is 5.69 Å². The van der Waals surface area contributed by atoms with Crippen LogP contribution < -0.4 is 10.5 Å². The minimum absolute atomic E-state index is 0.0421. The van der Waals surface area contributed by atoms with Gasteiger partial charge in [0.1, 0.15) is 0 Å². The molecule has 0 bridgehead atoms. The lowest BCUT2D eigenvalue weighted by atomic mass is 10.3. The molecule has 3 rings (SSSR count). The van der Waals surface area contributed by atoms with Crippen molar-refractivity contribution >= 4 is 33.4 Å². The van der Waals surface area contributed by atoms with Gasteiger partial charge in [0.15, 0.2) is 5.16 Å². The molecule has 3 N–H and O–H groups in total. The molecule has 1 heterocycles. The summed E-state index contributed by atoms with van der Waals surface area (Å²) >= 11 is 1.47. The highest BCUT2D eigenvalue weighted by molar-refractivity contribution is 7.99. The Kier molecular flexibility index (Phi) is 5.94. The molecule has 7 nitrogen and oxygen atoms in total. The number of thioether (sulfide) groups is 1. The number of aromatic nitrogens is 2. The van der Waals surface area contributed by atoms with Crippen LogP contribution in [-0.4, -0.2) is 29.6 Å². The molecular formula is C18H18N4O3S2. The molecule has 0 saturated heterocycles. The van der Waals surface area contributed by atoms with E-state index in [1.165, 1.54) is 30.0 Å². The zero-order chi connectivity index (χ0) is 19.3. The number of nitrogens with two attached hydrogens (primary N) is 1. The predicted octanol–water partition coefficient (Wildman–Crippen LogP) is 2.64. The molecule has 9 heteroatoms. The van der Waals surface area contributed by atoms with Crippen molar-refractivity contribution in [3.63, 3.8) is 0 Å². The molecule has 3 aromatic rings. The minimum atomic E-state index is -3.81. The summed E-state index contributed by atoms with van der Waals surface area (Å²) in [4.78, 5) is 16.4. The predicted molar refractivity (Wildman–Crippen MR) is 105 cm³/mol. The number of rotatable bonds is 7. The lowest BCUT2D eigenvalue weighted by Gasteiger charge is -2.08. The number of primary sulfonamides is 1. The van der Waals surface area contributed by atoms with Crippen LogP contribution in [0.4, 0.5) is 5.69 Å². The highest BCUT2D eigenvalue weighted by Gasteiger charge is 2.11. The molecule has 0 unspecified atom stereocenters. The van der Waals surface area contributed by atoms with E-state index in [0.29, 0.717) is 11.4 Å². The second-order valence-electron chi connectivity index (χ2n) is 5.63. The van der Waals surface area contributed by atoms with Crippen LogP contribution in [0.15, 0.2) is 77.0 Å². The summed E-state index contributed by atoms with van der Waals surface area (Å²) in [5.41, 5.74) is 1.39. The first-order chi connectivity index (χ1) is 12.9. The largest absolute Gasteiger partial charge is 0.326 e. The number of carbonyl (C=O) groups is 1. The van der Waals surface area contributed by atoms with Gasteiger partial charge in [-0.2, -0.15) is 0 Å². The molecule has 1 aromatic heterocycles. The Morgan fingerprint density at radius 1 is 1.15 bits per heavy atom. The highest BCUT2D eigenvalue weighted by Crippen LogP contribution is 2.21. The van der Waals surface area contributed by atoms with Crippen molar-refractivity contribution in [2.24, 2.45) is 5.14 Å². The Hall–Kier alpha value is -2.62. The number of benzene rings is 2. The highest BCUT2D eigenvalue weighted by atomic mass is 32.2. The van der Waals surface area contributed by atoms with Gasteiger partial charge in [0.05, 0.1) is 4.90 Å². The minimum Gasteiger partial charge on any atom is -0.326 e. The first kappa shape index (κ1) is 19.2. The number of nitrogens with one attached hydrogen (secondary N) is 1. The lowest BCUT2D eigenvalue weighted by molar-refractivity contribution is -0.115. The van der Waals surface area contributed by atoms with E-state index in [9.17, 15) is 13.2 Å². The Morgan fingerprint density at radius 2 is 1.93 bits per heavy atom. The molecule has 0 atom stereocenters. The molecule has 0 saturated carbocycles. The molecule has 0 fully saturated rings. The van der Waals surface area contributed by atoms with Crippen LogP contribution in [0.1, 0.15) is 6.42 Å². The topological polar surface area (TPSA) is 107 Å². The maximum absolute atomic E-state index is 12.1. The molecule has 0 aliphatic carbocycles. The van der Waals surface area contributed by atoms with Crippen molar-refractivity contribution in [1.29, 1.82) is 0 Å². The zero-order valence-corrected chi connectivity index (χ0v) is 15.9. The summed E-state index contributed by atoms with van der Waals surface area (Å²) in [5, 5.41) is 8.58. The number of para-hydroxylation sites is 1. The van der Waals surface area contributed by atoms with E-state index in [1.807, 2.05) is 41.1 Å². The molecule has 0 radical (unpaired) electrons. The number of carbonyl (C=O) groups excluding carboxylic acids is 1. The summed E-state index contributed by atoms with van der Waals surface area (Å²) in [6.45, 7) is 0. The fraction of sp³-hybridized carbons (Fsp3) is 0.111. The van der Waals surface area contributed by atoms with Gasteiger partial charge < -0.3 is 5.32 Å². The third kappa shape index (κ3) is 5.19. The van der Waals surface area contributed by atoms with Crippen molar-refractivity contribution < 1.29 is 13.2 Å². The average Bonchev–Trinajstić information content (AvgIpc) is 3.10. The normalized spacial score (nSPS) is 11.3. The van der Waals surface area contributed by atoms with Crippen molar-refractivity contribution in [2.75, 3.05) is 11.1 Å². The number of imidazole rings is 1. The van der Waals surface area contributed by atoms with Crippen LogP contribution in [0.2, 0.25) is 0 Å². The SMILES string of the molecule is NS(=O)(=O)c1cccc(NC(=O)CCSc2nccn2-c2ccccc2)c1. The Morgan fingerprint density at radius 3 is 2.67 bits per heavy atom. The summed E-state index contributed by atoms with van der Waals surface area (Å²) in [6.07, 6.45) is 3.84. The van der Waals surface area contributed by atoms with Crippen LogP contribution >= 0.6 is 11.8 Å². The Labute approximate surface area is 161 Å². The van der Waals surface area contributed by atoms with Gasteiger partial charge in [-0.05, 0) is 30.3 Å². The molecule has 27 heavy (non-hydrogen) atoms. The molecule has 1 amide bonds. The molecule has 2 aromatic carbocycles. The lowest BCUT2D eigenvalue weighted by Crippen LogP contribution is -2.15. The number of amides is 1. The van der Waals surface area contributed by atoms with Crippen molar-refractivity contribution in [2.45, 2.75) is 16.5 Å². The molecular weight excluding hydrogens is 384 g/mol.